The smallest absolute Gasteiger partial charge is 0.0709 e. The maximum absolute atomic E-state index is 4.30. The van der Waals surface area contributed by atoms with E-state index in [2.05, 4.69) is 172 Å². The van der Waals surface area contributed by atoms with Crippen LogP contribution in [-0.4, -0.2) is 8.07 Å². The van der Waals surface area contributed by atoms with Crippen LogP contribution in [0.2, 0.25) is 19.6 Å². The molecule has 0 amide bonds. The van der Waals surface area contributed by atoms with E-state index in [-0.39, 0.29) is 20.1 Å². The fourth-order valence-electron chi connectivity index (χ4n) is 6.85. The van der Waals surface area contributed by atoms with Crippen LogP contribution < -0.4 is 14.3 Å². The van der Waals surface area contributed by atoms with Crippen LogP contribution in [0, 0.1) is 40.8 Å². The first-order chi connectivity index (χ1) is 23.8. The van der Waals surface area contributed by atoms with Crippen LogP contribution in [0.5, 0.6) is 0 Å². The summed E-state index contributed by atoms with van der Waals surface area (Å²) in [7, 11) is 7.02. The third kappa shape index (κ3) is 7.98. The van der Waals surface area contributed by atoms with Gasteiger partial charge in [0.2, 0.25) is 0 Å². The molecule has 2 nitrogen and oxygen atoms in total. The Hall–Kier alpha value is -4.25. The Balaban J connectivity index is 0.000000197. The van der Waals surface area contributed by atoms with E-state index in [0.29, 0.717) is 5.92 Å². The average Bonchev–Trinajstić information content (AvgIpc) is 3.45. The molecule has 263 valence electrons. The molecule has 0 aliphatic carbocycles. The van der Waals surface area contributed by atoms with Crippen molar-refractivity contribution in [2.75, 3.05) is 0 Å². The number of hydrogen-bond donors (Lipinski definition) is 0. The third-order valence-electron chi connectivity index (χ3n) is 9.26. The number of fused-ring (bicyclic) bond motifs is 3. The molecule has 0 fully saturated rings. The number of pyridine rings is 2. The second kappa shape index (κ2) is 15.6. The number of benzene rings is 4. The molecule has 0 atom stereocenters. The molecular weight excluding hydrogens is 833 g/mol. The van der Waals surface area contributed by atoms with Crippen LogP contribution in [0.1, 0.15) is 36.1 Å². The van der Waals surface area contributed by atoms with Gasteiger partial charge in [0.25, 0.3) is 0 Å². The molecule has 3 heterocycles. The minimum Gasteiger partial charge on any atom is -0.343 e. The number of hydrogen-bond acceptors (Lipinski definition) is 1. The molecule has 0 saturated heterocycles. The summed E-state index contributed by atoms with van der Waals surface area (Å²) in [5.74, 6) is 0.649. The molecule has 0 bridgehead atoms. The van der Waals surface area contributed by atoms with E-state index in [0.717, 1.165) is 28.9 Å². The van der Waals surface area contributed by atoms with Crippen molar-refractivity contribution in [2.24, 2.45) is 5.92 Å². The molecule has 3 aromatic heterocycles. The Kier molecular flexibility index (Phi) is 11.6. The minimum atomic E-state index is -1.40. The molecule has 0 aliphatic rings. The van der Waals surface area contributed by atoms with Crippen molar-refractivity contribution in [1.82, 2.24) is 0 Å². The second-order valence-electron chi connectivity index (χ2n) is 14.8. The number of rotatable bonds is 6. The predicted molar refractivity (Wildman–Crippen MR) is 219 cm³/mol. The predicted octanol–water partition coefficient (Wildman–Crippen LogP) is 11.0. The van der Waals surface area contributed by atoms with Gasteiger partial charge < -0.3 is 9.13 Å². The molecule has 0 saturated carbocycles. The van der Waals surface area contributed by atoms with Crippen molar-refractivity contribution in [1.29, 1.82) is 0 Å². The van der Waals surface area contributed by atoms with Gasteiger partial charge in [-0.15, -0.1) is 34.6 Å². The summed E-state index contributed by atoms with van der Waals surface area (Å²) in [6.07, 6.45) is 5.36. The van der Waals surface area contributed by atoms with Gasteiger partial charge in [0, 0.05) is 38.9 Å². The standard InChI is InChI=1S/C25H18NS.C21H30NSi.Ir/c1-17-14-15-21-20-12-8-11-19(18-9-4-3-5-10-18)24(20)27-25(21)23(17)22-13-6-7-16-26(22)2;1-15(2)11-18-13-20(19-10-9-16(3)12-17(19)4)22(5)14-21(18)23(6,7)8;/h3-16H,1-2H2;9-10,12-15H,4-5,11H2,1-3,6-8H3;/q2*-1;. The largest absolute Gasteiger partial charge is 0.343 e. The van der Waals surface area contributed by atoms with Gasteiger partial charge in [-0.2, -0.15) is 37.1 Å². The van der Waals surface area contributed by atoms with Gasteiger partial charge in [-0.3, -0.25) is 0 Å². The van der Waals surface area contributed by atoms with Crippen molar-refractivity contribution in [2.45, 2.75) is 46.8 Å². The minimum absolute atomic E-state index is 0. The van der Waals surface area contributed by atoms with Crippen LogP contribution in [0.15, 0.2) is 116 Å². The molecule has 7 rings (SSSR count). The van der Waals surface area contributed by atoms with E-state index < -0.39 is 8.07 Å². The normalized spacial score (nSPS) is 11.4. The summed E-state index contributed by atoms with van der Waals surface area (Å²) in [6, 6.07) is 36.5. The Bertz CT molecular complexity index is 2320. The number of aromatic nitrogens is 2. The average molecular weight is 881 g/mol. The Morgan fingerprint density at radius 1 is 0.686 bits per heavy atom. The first-order valence-electron chi connectivity index (χ1n) is 17.3. The summed E-state index contributed by atoms with van der Waals surface area (Å²) in [5.41, 5.74) is 11.9. The molecule has 5 heteroatoms. The van der Waals surface area contributed by atoms with Crippen LogP contribution in [0.3, 0.4) is 0 Å². The van der Waals surface area contributed by atoms with Crippen LogP contribution in [0.4, 0.5) is 0 Å². The molecule has 0 spiro atoms. The third-order valence-corrected chi connectivity index (χ3v) is 12.6. The molecule has 0 N–H and O–H groups in total. The van der Waals surface area contributed by atoms with Crippen LogP contribution in [-0.2, 0) is 26.5 Å². The molecule has 0 unspecified atom stereocenters. The Labute approximate surface area is 324 Å². The maximum atomic E-state index is 4.30. The van der Waals surface area contributed by atoms with E-state index in [4.69, 9.17) is 0 Å². The van der Waals surface area contributed by atoms with Gasteiger partial charge in [-0.1, -0.05) is 130 Å². The molecule has 1 radical (unpaired) electrons. The van der Waals surface area contributed by atoms with Crippen molar-refractivity contribution in [3.05, 3.63) is 166 Å². The maximum Gasteiger partial charge on any atom is 0.0709 e. The summed E-state index contributed by atoms with van der Waals surface area (Å²) in [4.78, 5) is 0. The fraction of sp³-hybridized carbons (Fsp3) is 0.174. The van der Waals surface area contributed by atoms with Gasteiger partial charge in [0.05, 0.1) is 31.9 Å². The van der Waals surface area contributed by atoms with Crippen molar-refractivity contribution in [3.63, 3.8) is 0 Å². The molecule has 7 aromatic rings. The van der Waals surface area contributed by atoms with Crippen molar-refractivity contribution >= 4 is 44.8 Å². The molecule has 51 heavy (non-hydrogen) atoms. The summed E-state index contributed by atoms with van der Waals surface area (Å²) in [6.45, 7) is 22.4. The topological polar surface area (TPSA) is 7.76 Å². The first kappa shape index (κ1) is 38.0. The first-order valence-corrected chi connectivity index (χ1v) is 21.7. The van der Waals surface area contributed by atoms with E-state index in [9.17, 15) is 0 Å². The van der Waals surface area contributed by atoms with Gasteiger partial charge in [-0.05, 0) is 44.1 Å². The zero-order valence-corrected chi connectivity index (χ0v) is 34.9. The number of thiophene rings is 1. The summed E-state index contributed by atoms with van der Waals surface area (Å²) >= 11 is 1.85. The Morgan fingerprint density at radius 2 is 1.39 bits per heavy atom. The summed E-state index contributed by atoms with van der Waals surface area (Å²) < 4.78 is 6.55. The monoisotopic (exact) mass is 881 g/mol. The Morgan fingerprint density at radius 3 is 2.06 bits per heavy atom. The summed E-state index contributed by atoms with van der Waals surface area (Å²) in [5, 5.41) is 4.09. The molecular formula is C46H48IrN2SSi-2. The molecule has 4 aromatic carbocycles. The van der Waals surface area contributed by atoms with Gasteiger partial charge in [-0.25, -0.2) is 0 Å². The fourth-order valence-corrected chi connectivity index (χ4v) is 9.95. The van der Waals surface area contributed by atoms with E-state index in [1.165, 1.54) is 58.7 Å². The van der Waals surface area contributed by atoms with Crippen LogP contribution >= 0.6 is 11.3 Å². The van der Waals surface area contributed by atoms with Gasteiger partial charge >= 0.3 is 0 Å². The second-order valence-corrected chi connectivity index (χ2v) is 20.8. The van der Waals surface area contributed by atoms with E-state index >= 15 is 0 Å². The van der Waals surface area contributed by atoms with Crippen molar-refractivity contribution in [3.8, 4) is 33.6 Å². The van der Waals surface area contributed by atoms with Crippen LogP contribution in [0.25, 0.3) is 53.8 Å². The van der Waals surface area contributed by atoms with E-state index in [1.54, 1.807) is 0 Å². The zero-order chi connectivity index (χ0) is 35.7. The zero-order valence-electron chi connectivity index (χ0n) is 30.7. The van der Waals surface area contributed by atoms with Gasteiger partial charge in [0.1, 0.15) is 0 Å². The van der Waals surface area contributed by atoms with Crippen molar-refractivity contribution < 1.29 is 29.2 Å². The molecule has 0 aliphatic heterocycles. The SMILES string of the molecule is [CH2-]c1cc(C)ccc1-c1cc(CC(C)C)c([Si](C)(C)C)c[n+]1[CH2-].[CH2-]c1ccc2c(sc3c(-c4ccccc4)cccc32)c1-c1cccc[n+]1[CH2-].[Ir]. The quantitative estimate of drug-likeness (QED) is 0.0893. The van der Waals surface area contributed by atoms with E-state index in [1.807, 2.05) is 32.7 Å². The number of aryl methyl sites for hydroxylation is 1. The van der Waals surface area contributed by atoms with Gasteiger partial charge in [0.15, 0.2) is 0 Å². The number of nitrogens with zero attached hydrogens (tertiary/aromatic N) is 2.